The topological polar surface area (TPSA) is 45.7 Å². The number of nitrogens with zero attached hydrogens (tertiary/aromatic N) is 3. The number of hydrogen-bond donors (Lipinski definition) is 0. The molecule has 158 valence electrons. The normalized spacial score (nSPS) is 14.9. The van der Waals surface area contributed by atoms with E-state index in [2.05, 4.69) is 16.0 Å². The van der Waals surface area contributed by atoms with Gasteiger partial charge in [0.05, 0.1) is 34.0 Å². The van der Waals surface area contributed by atoms with Gasteiger partial charge in [-0.15, -0.1) is 11.8 Å². The molecule has 1 saturated heterocycles. The van der Waals surface area contributed by atoms with Crippen molar-refractivity contribution in [3.05, 3.63) is 52.8 Å². The maximum Gasteiger partial charge on any atom is 0.264 e. The second-order valence-electron chi connectivity index (χ2n) is 6.84. The first-order valence-electron chi connectivity index (χ1n) is 9.57. The molecule has 0 spiro atoms. The number of thioether (sulfide) groups is 1. The zero-order valence-electron chi connectivity index (χ0n) is 16.4. The van der Waals surface area contributed by atoms with Crippen LogP contribution in [-0.4, -0.2) is 61.4 Å². The lowest BCUT2D eigenvalue weighted by atomic mass is 10.2. The zero-order valence-corrected chi connectivity index (χ0v) is 18.8. The number of benzene rings is 2. The third-order valence-electron chi connectivity index (χ3n) is 4.98. The maximum absolute atomic E-state index is 14.5. The number of carbonyl (C=O) groups excluding carboxylic acids is 1. The molecule has 1 aliphatic heterocycles. The van der Waals surface area contributed by atoms with Gasteiger partial charge in [0, 0.05) is 31.1 Å². The highest BCUT2D eigenvalue weighted by Gasteiger charge is 2.26. The van der Waals surface area contributed by atoms with Gasteiger partial charge in [0.1, 0.15) is 5.82 Å². The standard InChI is InChI=1S/C21H21ClFN3O2S2/c1-29-14-5-6-17-18(13-14)30-21(24-17)26(8-7-25-9-11-28-12-10-25)20(27)19-15(22)3-2-4-16(19)23/h2-6,13H,7-12H2,1H3. The second-order valence-corrected chi connectivity index (χ2v) is 9.13. The van der Waals surface area contributed by atoms with Crippen LogP contribution >= 0.6 is 34.7 Å². The third kappa shape index (κ3) is 4.63. The van der Waals surface area contributed by atoms with Crippen molar-refractivity contribution in [2.24, 2.45) is 0 Å². The van der Waals surface area contributed by atoms with Crippen molar-refractivity contribution >= 4 is 56.0 Å². The summed E-state index contributed by atoms with van der Waals surface area (Å²) in [6.07, 6.45) is 2.02. The third-order valence-corrected chi connectivity index (χ3v) is 7.06. The molecule has 0 radical (unpaired) electrons. The van der Waals surface area contributed by atoms with Crippen molar-refractivity contribution in [1.82, 2.24) is 9.88 Å². The molecule has 0 aliphatic carbocycles. The molecular weight excluding hydrogens is 445 g/mol. The zero-order chi connectivity index (χ0) is 21.1. The number of amides is 1. The van der Waals surface area contributed by atoms with Crippen LogP contribution in [0, 0.1) is 5.82 Å². The van der Waals surface area contributed by atoms with Gasteiger partial charge in [0.2, 0.25) is 0 Å². The summed E-state index contributed by atoms with van der Waals surface area (Å²) in [7, 11) is 0. The van der Waals surface area contributed by atoms with Gasteiger partial charge in [-0.2, -0.15) is 0 Å². The van der Waals surface area contributed by atoms with Gasteiger partial charge < -0.3 is 4.74 Å². The summed E-state index contributed by atoms with van der Waals surface area (Å²) in [5, 5.41) is 0.642. The molecule has 0 atom stereocenters. The number of halogens is 2. The van der Waals surface area contributed by atoms with E-state index in [1.54, 1.807) is 16.7 Å². The molecule has 0 N–H and O–H groups in total. The predicted octanol–water partition coefficient (Wildman–Crippen LogP) is 4.79. The summed E-state index contributed by atoms with van der Waals surface area (Å²) in [4.78, 5) is 22.9. The monoisotopic (exact) mass is 465 g/mol. The van der Waals surface area contributed by atoms with Crippen molar-refractivity contribution in [2.75, 3.05) is 50.5 Å². The highest BCUT2D eigenvalue weighted by Crippen LogP contribution is 2.33. The van der Waals surface area contributed by atoms with Crippen LogP contribution in [-0.2, 0) is 4.74 Å². The van der Waals surface area contributed by atoms with E-state index < -0.39 is 11.7 Å². The molecule has 9 heteroatoms. The predicted molar refractivity (Wildman–Crippen MR) is 122 cm³/mol. The molecule has 0 unspecified atom stereocenters. The van der Waals surface area contributed by atoms with Crippen molar-refractivity contribution < 1.29 is 13.9 Å². The van der Waals surface area contributed by atoms with Crippen LogP contribution in [0.1, 0.15) is 10.4 Å². The average Bonchev–Trinajstić information content (AvgIpc) is 3.17. The quantitative estimate of drug-likeness (QED) is 0.490. The molecule has 30 heavy (non-hydrogen) atoms. The Morgan fingerprint density at radius 2 is 2.13 bits per heavy atom. The molecule has 1 fully saturated rings. The van der Waals surface area contributed by atoms with E-state index in [9.17, 15) is 9.18 Å². The van der Waals surface area contributed by atoms with Gasteiger partial charge in [-0.1, -0.05) is 29.0 Å². The van der Waals surface area contributed by atoms with E-state index in [1.165, 1.54) is 29.5 Å². The van der Waals surface area contributed by atoms with Crippen molar-refractivity contribution in [3.63, 3.8) is 0 Å². The van der Waals surface area contributed by atoms with Gasteiger partial charge in [-0.25, -0.2) is 9.37 Å². The van der Waals surface area contributed by atoms with E-state index in [0.717, 1.165) is 28.2 Å². The summed E-state index contributed by atoms with van der Waals surface area (Å²) >= 11 is 9.27. The van der Waals surface area contributed by atoms with Crippen LogP contribution in [0.4, 0.5) is 9.52 Å². The minimum atomic E-state index is -0.630. The molecule has 0 saturated carbocycles. The number of ether oxygens (including phenoxy) is 1. The number of aromatic nitrogens is 1. The summed E-state index contributed by atoms with van der Waals surface area (Å²) in [5.74, 6) is -1.11. The van der Waals surface area contributed by atoms with Crippen LogP contribution in [0.3, 0.4) is 0 Å². The highest BCUT2D eigenvalue weighted by atomic mass is 35.5. The number of rotatable bonds is 6. The molecule has 0 bridgehead atoms. The largest absolute Gasteiger partial charge is 0.379 e. The van der Waals surface area contributed by atoms with E-state index in [-0.39, 0.29) is 10.6 Å². The Morgan fingerprint density at radius 3 is 2.87 bits per heavy atom. The van der Waals surface area contributed by atoms with Crippen LogP contribution in [0.25, 0.3) is 10.2 Å². The Labute approximate surface area is 187 Å². The molecule has 5 nitrogen and oxygen atoms in total. The van der Waals surface area contributed by atoms with E-state index in [0.29, 0.717) is 31.4 Å². The molecule has 2 heterocycles. The Balaban J connectivity index is 1.68. The average molecular weight is 466 g/mol. The van der Waals surface area contributed by atoms with Gasteiger partial charge in [0.15, 0.2) is 5.13 Å². The SMILES string of the molecule is CSc1ccc2nc(N(CCN3CCOCC3)C(=O)c3c(F)cccc3Cl)sc2c1. The van der Waals surface area contributed by atoms with Crippen molar-refractivity contribution in [1.29, 1.82) is 0 Å². The molecule has 4 rings (SSSR count). The fourth-order valence-corrected chi connectivity index (χ4v) is 5.11. The maximum atomic E-state index is 14.5. The Bertz CT molecular complexity index is 1040. The summed E-state index contributed by atoms with van der Waals surface area (Å²) in [6, 6.07) is 10.3. The Kier molecular flexibility index (Phi) is 6.90. The number of thiazole rings is 1. The summed E-state index contributed by atoms with van der Waals surface area (Å²) in [6.45, 7) is 3.99. The first-order chi connectivity index (χ1) is 14.6. The minimum Gasteiger partial charge on any atom is -0.379 e. The van der Waals surface area contributed by atoms with Crippen LogP contribution in [0.2, 0.25) is 5.02 Å². The van der Waals surface area contributed by atoms with Crippen LogP contribution in [0.5, 0.6) is 0 Å². The van der Waals surface area contributed by atoms with Crippen LogP contribution < -0.4 is 4.90 Å². The molecule has 3 aromatic rings. The lowest BCUT2D eigenvalue weighted by molar-refractivity contribution is 0.0391. The lowest BCUT2D eigenvalue weighted by Crippen LogP contribution is -2.43. The highest BCUT2D eigenvalue weighted by molar-refractivity contribution is 7.98. The van der Waals surface area contributed by atoms with Crippen molar-refractivity contribution in [2.45, 2.75) is 4.90 Å². The van der Waals surface area contributed by atoms with Crippen LogP contribution in [0.15, 0.2) is 41.3 Å². The van der Waals surface area contributed by atoms with E-state index in [1.807, 2.05) is 18.4 Å². The number of fused-ring (bicyclic) bond motifs is 1. The van der Waals surface area contributed by atoms with Gasteiger partial charge >= 0.3 is 0 Å². The summed E-state index contributed by atoms with van der Waals surface area (Å²) < 4.78 is 20.9. The first kappa shape index (κ1) is 21.5. The number of carbonyl (C=O) groups is 1. The number of morpholine rings is 1. The number of anilines is 1. The molecule has 2 aromatic carbocycles. The first-order valence-corrected chi connectivity index (χ1v) is 12.0. The lowest BCUT2D eigenvalue weighted by Gasteiger charge is -2.29. The van der Waals surface area contributed by atoms with Gasteiger partial charge in [0.25, 0.3) is 5.91 Å². The Hall–Kier alpha value is -1.71. The molecule has 1 aliphatic rings. The fraction of sp³-hybridized carbons (Fsp3) is 0.333. The number of hydrogen-bond acceptors (Lipinski definition) is 6. The fourth-order valence-electron chi connectivity index (χ4n) is 3.32. The Morgan fingerprint density at radius 1 is 1.33 bits per heavy atom. The molecule has 1 amide bonds. The van der Waals surface area contributed by atoms with Crippen molar-refractivity contribution in [3.8, 4) is 0 Å². The smallest absolute Gasteiger partial charge is 0.264 e. The molecular formula is C21H21ClFN3O2S2. The summed E-state index contributed by atoms with van der Waals surface area (Å²) in [5.41, 5.74) is 0.696. The minimum absolute atomic E-state index is 0.0992. The molecule has 1 aromatic heterocycles. The second kappa shape index (κ2) is 9.62. The van der Waals surface area contributed by atoms with E-state index >= 15 is 0 Å². The van der Waals surface area contributed by atoms with E-state index in [4.69, 9.17) is 16.3 Å². The van der Waals surface area contributed by atoms with Gasteiger partial charge in [-0.05, 0) is 36.6 Å². The van der Waals surface area contributed by atoms with Gasteiger partial charge in [-0.3, -0.25) is 14.6 Å².